The molecule has 2 aromatic rings. The molecule has 0 aromatic carbocycles. The molecular formula is C16H17ClF3N3O3. The minimum atomic E-state index is -4.30. The van der Waals surface area contributed by atoms with E-state index in [0.29, 0.717) is 0 Å². The molecule has 0 aliphatic rings. The second kappa shape index (κ2) is 7.53. The van der Waals surface area contributed by atoms with Crippen LogP contribution in [-0.4, -0.2) is 39.1 Å². The van der Waals surface area contributed by atoms with Gasteiger partial charge in [0.05, 0.1) is 18.6 Å². The first-order valence-electron chi connectivity index (χ1n) is 7.60. The topological polar surface area (TPSA) is 66.2 Å². The molecule has 0 radical (unpaired) electrons. The lowest BCUT2D eigenvalue weighted by atomic mass is 10.2. The summed E-state index contributed by atoms with van der Waals surface area (Å²) in [6, 6.07) is 4.32. The molecule has 10 heteroatoms. The van der Waals surface area contributed by atoms with Crippen LogP contribution in [0.3, 0.4) is 0 Å². The van der Waals surface area contributed by atoms with Crippen molar-refractivity contribution in [2.75, 3.05) is 6.61 Å². The molecule has 0 atom stereocenters. The van der Waals surface area contributed by atoms with E-state index < -0.39 is 30.8 Å². The number of ether oxygens (including phenoxy) is 2. The molecule has 0 spiro atoms. The molecule has 0 bridgehead atoms. The van der Waals surface area contributed by atoms with E-state index in [1.54, 1.807) is 20.8 Å². The van der Waals surface area contributed by atoms with Crippen LogP contribution in [0.25, 0.3) is 5.82 Å². The third kappa shape index (κ3) is 5.91. The molecule has 142 valence electrons. The van der Waals surface area contributed by atoms with E-state index in [0.717, 1.165) is 0 Å². The Balaban J connectivity index is 2.08. The Morgan fingerprint density at radius 3 is 2.50 bits per heavy atom. The van der Waals surface area contributed by atoms with Gasteiger partial charge in [-0.15, -0.1) is 5.10 Å². The lowest BCUT2D eigenvalue weighted by Crippen LogP contribution is -2.24. The number of nitrogens with zero attached hydrogens (tertiary/aromatic N) is 3. The highest BCUT2D eigenvalue weighted by Gasteiger charge is 2.27. The van der Waals surface area contributed by atoms with E-state index in [2.05, 4.69) is 10.1 Å². The first-order valence-corrected chi connectivity index (χ1v) is 7.98. The molecule has 0 aliphatic heterocycles. The zero-order chi connectivity index (χ0) is 19.5. The fraction of sp³-hybridized carbons (Fsp3) is 0.438. The van der Waals surface area contributed by atoms with Crippen LogP contribution in [0.15, 0.2) is 24.4 Å². The highest BCUT2D eigenvalue weighted by molar-refractivity contribution is 6.32. The Bertz CT molecular complexity index is 785. The molecule has 0 fully saturated rings. The van der Waals surface area contributed by atoms with Gasteiger partial charge in [0.15, 0.2) is 5.82 Å². The number of pyridine rings is 1. The van der Waals surface area contributed by atoms with Crippen LogP contribution in [0.5, 0.6) is 5.88 Å². The van der Waals surface area contributed by atoms with Gasteiger partial charge in [-0.2, -0.15) is 13.2 Å². The summed E-state index contributed by atoms with van der Waals surface area (Å²) in [5.41, 5.74) is -0.580. The summed E-state index contributed by atoms with van der Waals surface area (Å²) in [5.74, 6) is -0.324. The number of rotatable bonds is 5. The quantitative estimate of drug-likeness (QED) is 0.564. The summed E-state index contributed by atoms with van der Waals surface area (Å²) in [6.45, 7) is 4.65. The Morgan fingerprint density at radius 2 is 1.92 bits per heavy atom. The molecule has 0 saturated carbocycles. The van der Waals surface area contributed by atoms with Crippen molar-refractivity contribution < 1.29 is 27.4 Å². The summed E-state index contributed by atoms with van der Waals surface area (Å²) < 4.78 is 47.8. The second-order valence-corrected chi connectivity index (χ2v) is 6.68. The number of hydrogen-bond donors (Lipinski definition) is 0. The van der Waals surface area contributed by atoms with E-state index >= 15 is 0 Å². The van der Waals surface area contributed by atoms with Gasteiger partial charge in [-0.1, -0.05) is 11.6 Å². The van der Waals surface area contributed by atoms with Gasteiger partial charge in [0.25, 0.3) is 0 Å². The number of carbonyl (C=O) groups is 1. The number of esters is 1. The minimum absolute atomic E-state index is 0.0170. The highest BCUT2D eigenvalue weighted by Crippen LogP contribution is 2.22. The third-order valence-corrected chi connectivity index (χ3v) is 3.18. The number of halogens is 4. The zero-order valence-corrected chi connectivity index (χ0v) is 15.1. The smallest absolute Gasteiger partial charge is 0.392 e. The van der Waals surface area contributed by atoms with Crippen molar-refractivity contribution in [3.8, 4) is 11.7 Å². The number of alkyl halides is 3. The highest BCUT2D eigenvalue weighted by atomic mass is 35.5. The molecule has 0 aliphatic carbocycles. The van der Waals surface area contributed by atoms with Crippen molar-refractivity contribution in [1.82, 2.24) is 14.8 Å². The molecule has 0 amide bonds. The number of carbonyl (C=O) groups excluding carboxylic acids is 1. The SMILES string of the molecule is CC(C)(C)OC(=O)c1ccc(-n2ccc(OCCC(F)(F)F)n2)nc1Cl. The minimum Gasteiger partial charge on any atom is -0.476 e. The molecule has 2 rings (SSSR count). The van der Waals surface area contributed by atoms with E-state index in [4.69, 9.17) is 21.1 Å². The first kappa shape index (κ1) is 20.0. The van der Waals surface area contributed by atoms with Gasteiger partial charge in [0, 0.05) is 12.3 Å². The predicted molar refractivity (Wildman–Crippen MR) is 87.7 cm³/mol. The maximum atomic E-state index is 12.1. The lowest BCUT2D eigenvalue weighted by Gasteiger charge is -2.19. The van der Waals surface area contributed by atoms with Crippen molar-refractivity contribution in [2.45, 2.75) is 39.0 Å². The average Bonchev–Trinajstić information content (AvgIpc) is 2.92. The molecule has 0 saturated heterocycles. The lowest BCUT2D eigenvalue weighted by molar-refractivity contribution is -0.139. The fourth-order valence-corrected chi connectivity index (χ4v) is 2.05. The number of aromatic nitrogens is 3. The third-order valence-electron chi connectivity index (χ3n) is 2.89. The largest absolute Gasteiger partial charge is 0.476 e. The van der Waals surface area contributed by atoms with E-state index in [-0.39, 0.29) is 22.4 Å². The molecule has 26 heavy (non-hydrogen) atoms. The molecule has 0 N–H and O–H groups in total. The number of hydrogen-bond acceptors (Lipinski definition) is 5. The van der Waals surface area contributed by atoms with E-state index in [1.807, 2.05) is 0 Å². The fourth-order valence-electron chi connectivity index (χ4n) is 1.82. The standard InChI is InChI=1S/C16H17ClF3N3O3/c1-15(2,3)26-14(24)10-4-5-11(21-13(10)17)23-8-6-12(22-23)25-9-7-16(18,19)20/h4-6,8H,7,9H2,1-3H3. The van der Waals surface area contributed by atoms with Gasteiger partial charge < -0.3 is 9.47 Å². The van der Waals surface area contributed by atoms with Crippen molar-refractivity contribution in [3.05, 3.63) is 35.1 Å². The van der Waals surface area contributed by atoms with Crippen LogP contribution in [-0.2, 0) is 4.74 Å². The summed E-state index contributed by atoms with van der Waals surface area (Å²) in [6.07, 6.45) is -3.92. The molecule has 2 aromatic heterocycles. The Kier molecular flexibility index (Phi) is 5.80. The van der Waals surface area contributed by atoms with Gasteiger partial charge >= 0.3 is 12.1 Å². The van der Waals surface area contributed by atoms with Gasteiger partial charge in [0.2, 0.25) is 5.88 Å². The predicted octanol–water partition coefficient (Wildman–Crippen LogP) is 4.21. The average molecular weight is 392 g/mol. The van der Waals surface area contributed by atoms with Gasteiger partial charge in [-0.3, -0.25) is 0 Å². The Hall–Kier alpha value is -2.29. The Labute approximate surface area is 152 Å². The van der Waals surface area contributed by atoms with E-state index in [1.165, 1.54) is 29.1 Å². The monoisotopic (exact) mass is 391 g/mol. The van der Waals surface area contributed by atoms with Crippen LogP contribution in [0.1, 0.15) is 37.6 Å². The van der Waals surface area contributed by atoms with Gasteiger partial charge in [-0.05, 0) is 32.9 Å². The van der Waals surface area contributed by atoms with Crippen LogP contribution in [0.2, 0.25) is 5.15 Å². The van der Waals surface area contributed by atoms with Gasteiger partial charge in [-0.25, -0.2) is 14.5 Å². The zero-order valence-electron chi connectivity index (χ0n) is 14.3. The van der Waals surface area contributed by atoms with Crippen LogP contribution in [0.4, 0.5) is 13.2 Å². The van der Waals surface area contributed by atoms with Crippen LogP contribution >= 0.6 is 11.6 Å². The second-order valence-electron chi connectivity index (χ2n) is 6.32. The summed E-state index contributed by atoms with van der Waals surface area (Å²) in [7, 11) is 0. The summed E-state index contributed by atoms with van der Waals surface area (Å²) in [4.78, 5) is 16.1. The van der Waals surface area contributed by atoms with Crippen LogP contribution < -0.4 is 4.74 Å². The molecule has 2 heterocycles. The maximum absolute atomic E-state index is 12.1. The molecule has 0 unspecified atom stereocenters. The van der Waals surface area contributed by atoms with Crippen molar-refractivity contribution >= 4 is 17.6 Å². The first-order chi connectivity index (χ1) is 11.9. The Morgan fingerprint density at radius 1 is 1.23 bits per heavy atom. The normalized spacial score (nSPS) is 12.1. The van der Waals surface area contributed by atoms with Gasteiger partial charge in [0.1, 0.15) is 10.8 Å². The van der Waals surface area contributed by atoms with E-state index in [9.17, 15) is 18.0 Å². The van der Waals surface area contributed by atoms with Crippen molar-refractivity contribution in [2.24, 2.45) is 0 Å². The molecular weight excluding hydrogens is 375 g/mol. The molecule has 6 nitrogen and oxygen atoms in total. The van der Waals surface area contributed by atoms with Crippen molar-refractivity contribution in [3.63, 3.8) is 0 Å². The summed E-state index contributed by atoms with van der Waals surface area (Å²) in [5, 5.41) is 3.89. The summed E-state index contributed by atoms with van der Waals surface area (Å²) >= 11 is 6.03. The maximum Gasteiger partial charge on any atom is 0.392 e. The van der Waals surface area contributed by atoms with Crippen molar-refractivity contribution in [1.29, 1.82) is 0 Å². The van der Waals surface area contributed by atoms with Crippen LogP contribution in [0, 0.1) is 0 Å².